The third-order valence-electron chi connectivity index (χ3n) is 9.06. The zero-order valence-electron chi connectivity index (χ0n) is 24.4. The molecule has 6 aromatic carbocycles. The lowest BCUT2D eigenvalue weighted by Crippen LogP contribution is -2.36. The van der Waals surface area contributed by atoms with Crippen molar-refractivity contribution in [3.8, 4) is 56.5 Å². The number of hydrogen-bond acceptors (Lipinski definition) is 3. The summed E-state index contributed by atoms with van der Waals surface area (Å²) in [6.07, 6.45) is 1.83. The van der Waals surface area contributed by atoms with E-state index in [9.17, 15) is 0 Å². The molecule has 0 fully saturated rings. The number of rotatable bonds is 3. The second-order valence-corrected chi connectivity index (χ2v) is 11.5. The van der Waals surface area contributed by atoms with Crippen LogP contribution in [0.5, 0.6) is 23.0 Å². The Morgan fingerprint density at radius 3 is 1.56 bits per heavy atom. The van der Waals surface area contributed by atoms with Gasteiger partial charge < -0.3 is 9.47 Å². The van der Waals surface area contributed by atoms with Gasteiger partial charge in [-0.1, -0.05) is 115 Å². The molecule has 2 aliphatic rings. The van der Waals surface area contributed by atoms with Crippen molar-refractivity contribution >= 4 is 0 Å². The van der Waals surface area contributed by atoms with Crippen molar-refractivity contribution in [2.24, 2.45) is 0 Å². The van der Waals surface area contributed by atoms with Gasteiger partial charge in [-0.25, -0.2) is 0 Å². The minimum absolute atomic E-state index is 0.637. The Morgan fingerprint density at radius 1 is 0.356 bits per heavy atom. The molecular formula is C42H27NO2. The van der Waals surface area contributed by atoms with E-state index in [0.29, 0.717) is 0 Å². The molecule has 0 unspecified atom stereocenters. The van der Waals surface area contributed by atoms with Gasteiger partial charge in [-0.2, -0.15) is 0 Å². The van der Waals surface area contributed by atoms with Crippen LogP contribution in [0, 0.1) is 0 Å². The first-order chi connectivity index (χ1) is 22.3. The standard InChI is InChI=1S/C42H27NO2/c1-2-11-28(12-3-1)29-13-10-14-30(25-29)31-20-22-35-40(26-31)45-41-27-32(37-17-8-9-24-43-37)21-23-36(41)42(35)33-15-4-6-18-38(33)44-39-19-7-5-16-34(39)42/h1-27H. The molecule has 3 nitrogen and oxygen atoms in total. The molecule has 3 heteroatoms. The van der Waals surface area contributed by atoms with Crippen LogP contribution < -0.4 is 9.47 Å². The summed E-state index contributed by atoms with van der Waals surface area (Å²) >= 11 is 0. The second-order valence-electron chi connectivity index (χ2n) is 11.5. The number of ether oxygens (including phenoxy) is 2. The van der Waals surface area contributed by atoms with Gasteiger partial charge in [0.2, 0.25) is 0 Å². The van der Waals surface area contributed by atoms with Crippen LogP contribution in [0.3, 0.4) is 0 Å². The maximum Gasteiger partial charge on any atom is 0.132 e. The molecule has 45 heavy (non-hydrogen) atoms. The molecule has 3 heterocycles. The van der Waals surface area contributed by atoms with Gasteiger partial charge in [-0.15, -0.1) is 0 Å². The average molecular weight is 578 g/mol. The number of benzene rings is 6. The number of fused-ring (bicyclic) bond motifs is 8. The molecule has 212 valence electrons. The fourth-order valence-electron chi connectivity index (χ4n) is 7.05. The highest BCUT2D eigenvalue weighted by Crippen LogP contribution is 2.61. The highest BCUT2D eigenvalue weighted by atomic mass is 16.5. The Labute approximate surface area is 262 Å². The van der Waals surface area contributed by atoms with Crippen LogP contribution in [-0.2, 0) is 5.41 Å². The molecule has 0 bridgehead atoms. The molecule has 0 radical (unpaired) electrons. The minimum atomic E-state index is -0.637. The van der Waals surface area contributed by atoms with Crippen molar-refractivity contribution in [1.29, 1.82) is 0 Å². The van der Waals surface area contributed by atoms with E-state index in [1.54, 1.807) is 0 Å². The maximum atomic E-state index is 6.91. The Bertz CT molecular complexity index is 2180. The Balaban J connectivity index is 1.30. The van der Waals surface area contributed by atoms with E-state index in [4.69, 9.17) is 9.47 Å². The van der Waals surface area contributed by atoms with E-state index in [0.717, 1.165) is 67.6 Å². The van der Waals surface area contributed by atoms with Gasteiger partial charge in [0.05, 0.1) is 11.1 Å². The molecule has 0 N–H and O–H groups in total. The zero-order chi connectivity index (χ0) is 29.8. The summed E-state index contributed by atoms with van der Waals surface area (Å²) in [6, 6.07) is 55.1. The first-order valence-electron chi connectivity index (χ1n) is 15.2. The van der Waals surface area contributed by atoms with Crippen LogP contribution in [-0.4, -0.2) is 4.98 Å². The van der Waals surface area contributed by atoms with Gasteiger partial charge in [0.25, 0.3) is 0 Å². The summed E-state index contributed by atoms with van der Waals surface area (Å²) in [7, 11) is 0. The van der Waals surface area contributed by atoms with Crippen LogP contribution in [0.2, 0.25) is 0 Å². The van der Waals surface area contributed by atoms with Crippen LogP contribution in [0.25, 0.3) is 33.5 Å². The van der Waals surface area contributed by atoms with E-state index in [1.807, 2.05) is 42.6 Å². The van der Waals surface area contributed by atoms with Gasteiger partial charge in [-0.05, 0) is 64.7 Å². The van der Waals surface area contributed by atoms with Crippen molar-refractivity contribution in [2.45, 2.75) is 5.41 Å². The zero-order valence-corrected chi connectivity index (χ0v) is 24.4. The van der Waals surface area contributed by atoms with Crippen molar-refractivity contribution in [3.05, 3.63) is 186 Å². The normalized spacial score (nSPS) is 13.4. The molecule has 1 spiro atoms. The van der Waals surface area contributed by atoms with Gasteiger partial charge in [0, 0.05) is 34.0 Å². The summed E-state index contributed by atoms with van der Waals surface area (Å²) < 4.78 is 13.4. The Kier molecular flexibility index (Phi) is 5.72. The van der Waals surface area contributed by atoms with Gasteiger partial charge in [-0.3, -0.25) is 4.98 Å². The molecule has 0 aliphatic carbocycles. The van der Waals surface area contributed by atoms with Gasteiger partial charge >= 0.3 is 0 Å². The SMILES string of the molecule is c1ccc(-c2cccc(-c3ccc4c(c3)Oc3cc(-c5ccccn5)ccc3C43c4ccccc4Oc4ccccc43)c2)cc1. The van der Waals surface area contributed by atoms with Crippen molar-refractivity contribution in [3.63, 3.8) is 0 Å². The van der Waals surface area contributed by atoms with Gasteiger partial charge in [0.15, 0.2) is 0 Å². The monoisotopic (exact) mass is 577 g/mol. The number of nitrogens with zero attached hydrogens (tertiary/aromatic N) is 1. The number of aromatic nitrogens is 1. The lowest BCUT2D eigenvalue weighted by Gasteiger charge is -2.45. The predicted molar refractivity (Wildman–Crippen MR) is 179 cm³/mol. The summed E-state index contributed by atoms with van der Waals surface area (Å²) in [5.41, 5.74) is 10.2. The third kappa shape index (κ3) is 3.94. The van der Waals surface area contributed by atoms with E-state index in [-0.39, 0.29) is 0 Å². The summed E-state index contributed by atoms with van der Waals surface area (Å²) in [5, 5.41) is 0. The van der Waals surface area contributed by atoms with Crippen molar-refractivity contribution < 1.29 is 9.47 Å². The third-order valence-corrected chi connectivity index (χ3v) is 9.06. The molecule has 1 aromatic heterocycles. The van der Waals surface area contributed by atoms with E-state index in [1.165, 1.54) is 11.1 Å². The number of pyridine rings is 1. The highest BCUT2D eigenvalue weighted by Gasteiger charge is 2.50. The van der Waals surface area contributed by atoms with Crippen molar-refractivity contribution in [2.75, 3.05) is 0 Å². The molecule has 0 saturated carbocycles. The van der Waals surface area contributed by atoms with Crippen LogP contribution in [0.1, 0.15) is 22.3 Å². The van der Waals surface area contributed by atoms with Gasteiger partial charge in [0.1, 0.15) is 23.0 Å². The maximum absolute atomic E-state index is 6.91. The predicted octanol–water partition coefficient (Wildman–Crippen LogP) is 10.7. The molecular weight excluding hydrogens is 550 g/mol. The fourth-order valence-corrected chi connectivity index (χ4v) is 7.05. The summed E-state index contributed by atoms with van der Waals surface area (Å²) in [4.78, 5) is 4.63. The smallest absolute Gasteiger partial charge is 0.132 e. The number of para-hydroxylation sites is 2. The largest absolute Gasteiger partial charge is 0.457 e. The minimum Gasteiger partial charge on any atom is -0.457 e. The highest BCUT2D eigenvalue weighted by molar-refractivity contribution is 5.80. The first-order valence-corrected chi connectivity index (χ1v) is 15.2. The molecule has 0 saturated heterocycles. The second kappa shape index (κ2) is 10.1. The molecule has 7 aromatic rings. The van der Waals surface area contributed by atoms with Crippen LogP contribution in [0.15, 0.2) is 164 Å². The molecule has 0 atom stereocenters. The van der Waals surface area contributed by atoms with E-state index >= 15 is 0 Å². The van der Waals surface area contributed by atoms with E-state index < -0.39 is 5.41 Å². The van der Waals surface area contributed by atoms with Crippen LogP contribution in [0.4, 0.5) is 0 Å². The lowest BCUT2D eigenvalue weighted by molar-refractivity contribution is 0.399. The Morgan fingerprint density at radius 2 is 0.867 bits per heavy atom. The van der Waals surface area contributed by atoms with Crippen LogP contribution >= 0.6 is 0 Å². The van der Waals surface area contributed by atoms with Crippen molar-refractivity contribution in [1.82, 2.24) is 4.98 Å². The average Bonchev–Trinajstić information content (AvgIpc) is 3.12. The topological polar surface area (TPSA) is 31.4 Å². The Hall–Kier alpha value is -5.93. The quantitative estimate of drug-likeness (QED) is 0.209. The number of hydrogen-bond donors (Lipinski definition) is 0. The lowest BCUT2D eigenvalue weighted by atomic mass is 9.62. The van der Waals surface area contributed by atoms with E-state index in [2.05, 4.69) is 126 Å². The summed E-state index contributed by atoms with van der Waals surface area (Å²) in [5.74, 6) is 3.34. The fraction of sp³-hybridized carbons (Fsp3) is 0.0238. The summed E-state index contributed by atoms with van der Waals surface area (Å²) in [6.45, 7) is 0. The first kappa shape index (κ1) is 25.6. The molecule has 2 aliphatic heterocycles. The molecule has 9 rings (SSSR count). The molecule has 0 amide bonds.